The number of piperidine rings is 1. The number of primary amides is 1. The highest BCUT2D eigenvalue weighted by atomic mass is 35.5. The van der Waals surface area contributed by atoms with Crippen LogP contribution in [0.3, 0.4) is 0 Å². The molecule has 1 aromatic carbocycles. The van der Waals surface area contributed by atoms with E-state index < -0.39 is 0 Å². The van der Waals surface area contributed by atoms with E-state index in [1.54, 1.807) is 4.90 Å². The smallest absolute Gasteiger partial charge is 0.235 e. The lowest BCUT2D eigenvalue weighted by Gasteiger charge is -2.32. The van der Waals surface area contributed by atoms with Crippen molar-refractivity contribution >= 4 is 35.2 Å². The van der Waals surface area contributed by atoms with Crippen LogP contribution in [-0.4, -0.2) is 35.1 Å². The molecule has 0 aliphatic carbocycles. The Hall–Kier alpha value is -1.20. The number of nitrogens with two attached hydrogens (primary N) is 1. The Morgan fingerprint density at radius 3 is 2.81 bits per heavy atom. The lowest BCUT2D eigenvalue weighted by atomic mass is 9.97. The second kappa shape index (κ2) is 7.18. The molecule has 0 bridgehead atoms. The van der Waals surface area contributed by atoms with Gasteiger partial charge in [-0.3, -0.25) is 9.59 Å². The lowest BCUT2D eigenvalue weighted by Crippen LogP contribution is -2.46. The van der Waals surface area contributed by atoms with E-state index in [0.717, 1.165) is 17.7 Å². The first kappa shape index (κ1) is 16.2. The molecule has 0 spiro atoms. The van der Waals surface area contributed by atoms with Crippen LogP contribution in [0.25, 0.3) is 0 Å². The number of halogens is 1. The summed E-state index contributed by atoms with van der Waals surface area (Å²) in [5.41, 5.74) is 5.35. The molecule has 2 amide bonds. The average molecular weight is 327 g/mol. The van der Waals surface area contributed by atoms with Gasteiger partial charge in [-0.05, 0) is 31.9 Å². The van der Waals surface area contributed by atoms with Gasteiger partial charge in [-0.25, -0.2) is 0 Å². The molecular weight excluding hydrogens is 308 g/mol. The van der Waals surface area contributed by atoms with Crippen LogP contribution >= 0.6 is 23.4 Å². The van der Waals surface area contributed by atoms with Gasteiger partial charge >= 0.3 is 0 Å². The number of nitrogens with zero attached hydrogens (tertiary/aromatic N) is 1. The summed E-state index contributed by atoms with van der Waals surface area (Å²) in [7, 11) is 0. The number of rotatable bonds is 4. The van der Waals surface area contributed by atoms with Crippen molar-refractivity contribution in [3.63, 3.8) is 0 Å². The molecule has 1 saturated heterocycles. The van der Waals surface area contributed by atoms with E-state index in [4.69, 9.17) is 17.3 Å². The predicted octanol–water partition coefficient (Wildman–Crippen LogP) is 2.54. The number of carbonyl (C=O) groups excluding carboxylic acids is 2. The van der Waals surface area contributed by atoms with E-state index in [2.05, 4.69) is 0 Å². The van der Waals surface area contributed by atoms with Crippen molar-refractivity contribution in [2.75, 3.05) is 13.1 Å². The van der Waals surface area contributed by atoms with Crippen LogP contribution in [0.1, 0.15) is 19.8 Å². The third kappa shape index (κ3) is 4.14. The molecule has 0 saturated carbocycles. The Morgan fingerprint density at radius 1 is 1.43 bits per heavy atom. The highest BCUT2D eigenvalue weighted by Crippen LogP contribution is 2.31. The Morgan fingerprint density at radius 2 is 2.14 bits per heavy atom. The second-order valence-electron chi connectivity index (χ2n) is 5.22. The fraction of sp³-hybridized carbons (Fsp3) is 0.467. The maximum absolute atomic E-state index is 12.5. The van der Waals surface area contributed by atoms with E-state index in [9.17, 15) is 9.59 Å². The highest BCUT2D eigenvalue weighted by Gasteiger charge is 2.29. The monoisotopic (exact) mass is 326 g/mol. The summed E-state index contributed by atoms with van der Waals surface area (Å²) >= 11 is 7.56. The van der Waals surface area contributed by atoms with Gasteiger partial charge in [0, 0.05) is 18.0 Å². The van der Waals surface area contributed by atoms with E-state index in [-0.39, 0.29) is 23.0 Å². The number of amides is 2. The Labute approximate surface area is 134 Å². The Balaban J connectivity index is 1.99. The molecule has 4 nitrogen and oxygen atoms in total. The first-order valence-electron chi connectivity index (χ1n) is 6.98. The normalized spacial score (nSPS) is 20.1. The zero-order valence-corrected chi connectivity index (χ0v) is 13.5. The van der Waals surface area contributed by atoms with Crippen LogP contribution in [-0.2, 0) is 9.59 Å². The van der Waals surface area contributed by atoms with Gasteiger partial charge in [-0.15, -0.1) is 11.8 Å². The fourth-order valence-electron chi connectivity index (χ4n) is 2.45. The van der Waals surface area contributed by atoms with Crippen LogP contribution in [0, 0.1) is 5.92 Å². The van der Waals surface area contributed by atoms with Crippen molar-refractivity contribution < 1.29 is 9.59 Å². The summed E-state index contributed by atoms with van der Waals surface area (Å²) in [6.45, 7) is 2.99. The number of likely N-dealkylation sites (tertiary alicyclic amines) is 1. The zero-order chi connectivity index (χ0) is 15.4. The summed E-state index contributed by atoms with van der Waals surface area (Å²) in [6.07, 6.45) is 1.59. The molecule has 2 atom stereocenters. The molecule has 0 radical (unpaired) electrons. The van der Waals surface area contributed by atoms with Crippen molar-refractivity contribution in [2.45, 2.75) is 29.9 Å². The van der Waals surface area contributed by atoms with Crippen LogP contribution in [0.15, 0.2) is 29.2 Å². The van der Waals surface area contributed by atoms with Gasteiger partial charge in [0.25, 0.3) is 0 Å². The second-order valence-corrected chi connectivity index (χ2v) is 7.01. The maximum atomic E-state index is 12.5. The first-order chi connectivity index (χ1) is 9.99. The molecule has 1 aromatic rings. The van der Waals surface area contributed by atoms with E-state index in [1.807, 2.05) is 31.2 Å². The summed E-state index contributed by atoms with van der Waals surface area (Å²) in [5, 5.41) is 0.410. The van der Waals surface area contributed by atoms with E-state index in [1.165, 1.54) is 11.8 Å². The van der Waals surface area contributed by atoms with Gasteiger partial charge in [0.05, 0.1) is 16.2 Å². The molecule has 114 valence electrons. The van der Waals surface area contributed by atoms with Crippen molar-refractivity contribution in [3.8, 4) is 0 Å². The van der Waals surface area contributed by atoms with Gasteiger partial charge in [0.15, 0.2) is 0 Å². The van der Waals surface area contributed by atoms with Gasteiger partial charge in [0.2, 0.25) is 11.8 Å². The quantitative estimate of drug-likeness (QED) is 0.865. The maximum Gasteiger partial charge on any atom is 0.235 e. The number of hydrogen-bond acceptors (Lipinski definition) is 3. The highest BCUT2D eigenvalue weighted by molar-refractivity contribution is 8.00. The minimum atomic E-state index is -0.320. The van der Waals surface area contributed by atoms with Gasteiger partial charge < -0.3 is 10.6 Å². The third-order valence-electron chi connectivity index (χ3n) is 3.62. The largest absolute Gasteiger partial charge is 0.369 e. The molecule has 21 heavy (non-hydrogen) atoms. The molecule has 1 aliphatic heterocycles. The summed E-state index contributed by atoms with van der Waals surface area (Å²) < 4.78 is 0. The van der Waals surface area contributed by atoms with E-state index in [0.29, 0.717) is 18.1 Å². The number of thioether (sulfide) groups is 1. The predicted molar refractivity (Wildman–Crippen MR) is 85.3 cm³/mol. The molecule has 2 N–H and O–H groups in total. The zero-order valence-electron chi connectivity index (χ0n) is 11.9. The van der Waals surface area contributed by atoms with Crippen molar-refractivity contribution in [1.82, 2.24) is 4.90 Å². The van der Waals surface area contributed by atoms with Crippen LogP contribution < -0.4 is 5.73 Å². The molecule has 1 fully saturated rings. The Kier molecular flexibility index (Phi) is 5.53. The van der Waals surface area contributed by atoms with Gasteiger partial charge in [-0.2, -0.15) is 0 Å². The number of carbonyl (C=O) groups is 2. The SMILES string of the molecule is CC(Sc1ccccc1Cl)C(=O)N1CCCC(C(N)=O)C1. The van der Waals surface area contributed by atoms with Crippen molar-refractivity contribution in [3.05, 3.63) is 29.3 Å². The lowest BCUT2D eigenvalue weighted by molar-refractivity contribution is -0.134. The van der Waals surface area contributed by atoms with Crippen LogP contribution in [0.2, 0.25) is 5.02 Å². The van der Waals surface area contributed by atoms with Crippen LogP contribution in [0.5, 0.6) is 0 Å². The summed E-state index contributed by atoms with van der Waals surface area (Å²) in [6, 6.07) is 7.47. The minimum absolute atomic E-state index is 0.0332. The summed E-state index contributed by atoms with van der Waals surface area (Å²) in [4.78, 5) is 26.4. The number of hydrogen-bond donors (Lipinski definition) is 1. The van der Waals surface area contributed by atoms with Crippen molar-refractivity contribution in [1.29, 1.82) is 0 Å². The van der Waals surface area contributed by atoms with Gasteiger partial charge in [0.1, 0.15) is 0 Å². The molecular formula is C15H19ClN2O2S. The first-order valence-corrected chi connectivity index (χ1v) is 8.24. The van der Waals surface area contributed by atoms with Crippen molar-refractivity contribution in [2.24, 2.45) is 11.7 Å². The van der Waals surface area contributed by atoms with Crippen LogP contribution in [0.4, 0.5) is 0 Å². The fourth-order valence-corrected chi connectivity index (χ4v) is 3.69. The molecule has 1 aliphatic rings. The Bertz CT molecular complexity index is 538. The molecule has 1 heterocycles. The molecule has 2 unspecified atom stereocenters. The topological polar surface area (TPSA) is 63.4 Å². The van der Waals surface area contributed by atoms with Gasteiger partial charge in [-0.1, -0.05) is 23.7 Å². The standard InChI is InChI=1S/C15H19ClN2O2S/c1-10(21-13-7-3-2-6-12(13)16)15(20)18-8-4-5-11(9-18)14(17)19/h2-3,6-7,10-11H,4-5,8-9H2,1H3,(H2,17,19). The molecule has 2 rings (SSSR count). The third-order valence-corrected chi connectivity index (χ3v) is 5.23. The minimum Gasteiger partial charge on any atom is -0.369 e. The molecule has 0 aromatic heterocycles. The number of benzene rings is 1. The average Bonchev–Trinajstić information content (AvgIpc) is 2.49. The van der Waals surface area contributed by atoms with E-state index >= 15 is 0 Å². The summed E-state index contributed by atoms with van der Waals surface area (Å²) in [5.74, 6) is -0.509. The molecule has 6 heteroatoms.